The standard InChI is InChI=1S/C17H15NO6/c19-16(20)10-23-14-6-13(4-3-12-2-1-5-18-9-12)7-15(8-14)24-11-17(21)22/h1-9H,10-11H2,(H,19,20)(H,21,22)/b4-3+. The summed E-state index contributed by atoms with van der Waals surface area (Å²) in [4.78, 5) is 25.2. The molecule has 0 unspecified atom stereocenters. The molecular formula is C17H15NO6. The van der Waals surface area contributed by atoms with Crippen LogP contribution in [0, 0.1) is 0 Å². The van der Waals surface area contributed by atoms with Gasteiger partial charge in [-0.3, -0.25) is 4.98 Å². The maximum absolute atomic E-state index is 10.6. The first-order chi connectivity index (χ1) is 11.5. The van der Waals surface area contributed by atoms with Gasteiger partial charge in [0.05, 0.1) is 0 Å². The number of nitrogens with zero attached hydrogens (tertiary/aromatic N) is 1. The normalized spacial score (nSPS) is 10.5. The van der Waals surface area contributed by atoms with Gasteiger partial charge in [0.25, 0.3) is 0 Å². The molecule has 0 amide bonds. The van der Waals surface area contributed by atoms with Gasteiger partial charge in [0.15, 0.2) is 13.2 Å². The third-order valence-corrected chi connectivity index (χ3v) is 2.78. The molecule has 0 aliphatic heterocycles. The molecule has 1 aromatic heterocycles. The van der Waals surface area contributed by atoms with Crippen LogP contribution in [-0.2, 0) is 9.59 Å². The minimum Gasteiger partial charge on any atom is -0.482 e. The van der Waals surface area contributed by atoms with Crippen LogP contribution in [0.4, 0.5) is 0 Å². The molecule has 2 rings (SSSR count). The lowest BCUT2D eigenvalue weighted by Crippen LogP contribution is -2.11. The van der Waals surface area contributed by atoms with E-state index < -0.39 is 25.2 Å². The van der Waals surface area contributed by atoms with Gasteiger partial charge in [0.1, 0.15) is 11.5 Å². The predicted molar refractivity (Wildman–Crippen MR) is 85.9 cm³/mol. The minimum atomic E-state index is -1.11. The van der Waals surface area contributed by atoms with Crippen LogP contribution in [0.2, 0.25) is 0 Å². The van der Waals surface area contributed by atoms with Crippen molar-refractivity contribution >= 4 is 24.1 Å². The molecule has 0 radical (unpaired) electrons. The summed E-state index contributed by atoms with van der Waals surface area (Å²) in [5.74, 6) is -1.68. The number of carboxylic acid groups (broad SMARTS) is 2. The summed E-state index contributed by atoms with van der Waals surface area (Å²) in [6.45, 7) is -1.01. The lowest BCUT2D eigenvalue weighted by Gasteiger charge is -2.09. The van der Waals surface area contributed by atoms with Gasteiger partial charge < -0.3 is 19.7 Å². The van der Waals surface area contributed by atoms with E-state index in [-0.39, 0.29) is 11.5 Å². The fourth-order valence-electron chi connectivity index (χ4n) is 1.81. The molecule has 0 atom stereocenters. The fraction of sp³-hybridized carbons (Fsp3) is 0.118. The molecule has 0 fully saturated rings. The molecule has 7 nitrogen and oxygen atoms in total. The molecule has 0 bridgehead atoms. The lowest BCUT2D eigenvalue weighted by molar-refractivity contribution is -0.140. The van der Waals surface area contributed by atoms with Gasteiger partial charge in [0.2, 0.25) is 0 Å². The Hall–Kier alpha value is -3.35. The van der Waals surface area contributed by atoms with Crippen LogP contribution in [0.15, 0.2) is 42.7 Å². The van der Waals surface area contributed by atoms with E-state index in [1.165, 1.54) is 6.07 Å². The highest BCUT2D eigenvalue weighted by molar-refractivity contribution is 5.72. The monoisotopic (exact) mass is 329 g/mol. The van der Waals surface area contributed by atoms with E-state index in [0.29, 0.717) is 5.56 Å². The maximum atomic E-state index is 10.6. The van der Waals surface area contributed by atoms with Crippen LogP contribution < -0.4 is 9.47 Å². The van der Waals surface area contributed by atoms with Crippen LogP contribution in [0.3, 0.4) is 0 Å². The van der Waals surface area contributed by atoms with Gasteiger partial charge in [-0.05, 0) is 29.3 Å². The van der Waals surface area contributed by atoms with E-state index >= 15 is 0 Å². The number of hydrogen-bond acceptors (Lipinski definition) is 5. The van der Waals surface area contributed by atoms with Crippen LogP contribution in [0.25, 0.3) is 12.2 Å². The molecule has 1 aromatic carbocycles. The second-order valence-electron chi connectivity index (χ2n) is 4.72. The van der Waals surface area contributed by atoms with E-state index in [4.69, 9.17) is 19.7 Å². The summed E-state index contributed by atoms with van der Waals surface area (Å²) in [5.41, 5.74) is 1.55. The van der Waals surface area contributed by atoms with E-state index in [9.17, 15) is 9.59 Å². The Morgan fingerprint density at radius 1 is 0.958 bits per heavy atom. The van der Waals surface area contributed by atoms with E-state index in [1.54, 1.807) is 36.7 Å². The number of carbonyl (C=O) groups is 2. The van der Waals surface area contributed by atoms with Crippen molar-refractivity contribution in [3.05, 3.63) is 53.9 Å². The first-order valence-electron chi connectivity index (χ1n) is 6.95. The number of hydrogen-bond donors (Lipinski definition) is 2. The Kier molecular flexibility index (Phi) is 5.90. The molecule has 7 heteroatoms. The topological polar surface area (TPSA) is 106 Å². The van der Waals surface area contributed by atoms with Crippen LogP contribution >= 0.6 is 0 Å². The molecule has 0 spiro atoms. The number of aliphatic carboxylic acids is 2. The van der Waals surface area contributed by atoms with Gasteiger partial charge in [-0.15, -0.1) is 0 Å². The number of pyridine rings is 1. The first kappa shape index (κ1) is 17.0. The summed E-state index contributed by atoms with van der Waals surface area (Å²) < 4.78 is 10.3. The Balaban J connectivity index is 2.22. The molecule has 0 aliphatic rings. The Morgan fingerprint density at radius 2 is 1.54 bits per heavy atom. The molecule has 0 saturated carbocycles. The van der Waals surface area contributed by atoms with E-state index in [2.05, 4.69) is 4.98 Å². The van der Waals surface area contributed by atoms with Crippen molar-refractivity contribution in [2.75, 3.05) is 13.2 Å². The zero-order valence-electron chi connectivity index (χ0n) is 12.6. The average Bonchev–Trinajstić information content (AvgIpc) is 2.57. The van der Waals surface area contributed by atoms with Gasteiger partial charge in [0, 0.05) is 18.5 Å². The molecule has 0 aliphatic carbocycles. The van der Waals surface area contributed by atoms with Gasteiger partial charge in [-0.25, -0.2) is 9.59 Å². The molecule has 0 saturated heterocycles. The Morgan fingerprint density at radius 3 is 2.04 bits per heavy atom. The highest BCUT2D eigenvalue weighted by Crippen LogP contribution is 2.24. The van der Waals surface area contributed by atoms with Crippen molar-refractivity contribution in [1.82, 2.24) is 4.98 Å². The summed E-state index contributed by atoms with van der Waals surface area (Å²) in [5, 5.41) is 17.4. The smallest absolute Gasteiger partial charge is 0.341 e. The number of rotatable bonds is 8. The third kappa shape index (κ3) is 5.80. The van der Waals surface area contributed by atoms with Crippen molar-refractivity contribution < 1.29 is 29.3 Å². The summed E-state index contributed by atoms with van der Waals surface area (Å²) in [6.07, 6.45) is 6.92. The fourth-order valence-corrected chi connectivity index (χ4v) is 1.81. The first-order valence-corrected chi connectivity index (χ1v) is 6.95. The molecular weight excluding hydrogens is 314 g/mol. The second-order valence-corrected chi connectivity index (χ2v) is 4.72. The van der Waals surface area contributed by atoms with Crippen LogP contribution in [-0.4, -0.2) is 40.3 Å². The van der Waals surface area contributed by atoms with E-state index in [1.807, 2.05) is 12.1 Å². The minimum absolute atomic E-state index is 0.270. The van der Waals surface area contributed by atoms with Crippen molar-refractivity contribution in [3.8, 4) is 11.5 Å². The summed E-state index contributed by atoms with van der Waals surface area (Å²) in [7, 11) is 0. The number of benzene rings is 1. The average molecular weight is 329 g/mol. The zero-order valence-corrected chi connectivity index (χ0v) is 12.6. The largest absolute Gasteiger partial charge is 0.482 e. The second kappa shape index (κ2) is 8.33. The van der Waals surface area contributed by atoms with Crippen molar-refractivity contribution in [2.24, 2.45) is 0 Å². The Labute approximate surface area is 137 Å². The highest BCUT2D eigenvalue weighted by Gasteiger charge is 2.06. The zero-order chi connectivity index (χ0) is 17.4. The number of carboxylic acids is 2. The molecule has 2 aromatic rings. The molecule has 2 N–H and O–H groups in total. The lowest BCUT2D eigenvalue weighted by atomic mass is 10.1. The molecule has 1 heterocycles. The van der Waals surface area contributed by atoms with Crippen molar-refractivity contribution in [2.45, 2.75) is 0 Å². The maximum Gasteiger partial charge on any atom is 0.341 e. The predicted octanol–water partition coefficient (Wildman–Crippen LogP) is 2.18. The van der Waals surface area contributed by atoms with Gasteiger partial charge in [-0.1, -0.05) is 18.2 Å². The molecule has 124 valence electrons. The number of aromatic nitrogens is 1. The van der Waals surface area contributed by atoms with Crippen molar-refractivity contribution in [3.63, 3.8) is 0 Å². The molecule has 24 heavy (non-hydrogen) atoms. The quantitative estimate of drug-likeness (QED) is 0.764. The van der Waals surface area contributed by atoms with Crippen molar-refractivity contribution in [1.29, 1.82) is 0 Å². The van der Waals surface area contributed by atoms with Crippen LogP contribution in [0.5, 0.6) is 11.5 Å². The van der Waals surface area contributed by atoms with Crippen LogP contribution in [0.1, 0.15) is 11.1 Å². The van der Waals surface area contributed by atoms with Gasteiger partial charge >= 0.3 is 11.9 Å². The highest BCUT2D eigenvalue weighted by atomic mass is 16.5. The number of ether oxygens (including phenoxy) is 2. The summed E-state index contributed by atoms with van der Waals surface area (Å²) in [6, 6.07) is 8.36. The Bertz CT molecular complexity index is 706. The summed E-state index contributed by atoms with van der Waals surface area (Å²) >= 11 is 0. The van der Waals surface area contributed by atoms with Gasteiger partial charge in [-0.2, -0.15) is 0 Å². The van der Waals surface area contributed by atoms with E-state index in [0.717, 1.165) is 5.56 Å². The third-order valence-electron chi connectivity index (χ3n) is 2.78. The SMILES string of the molecule is O=C(O)COc1cc(/C=C/c2cccnc2)cc(OCC(=O)O)c1.